The molecule has 0 amide bonds. The van der Waals surface area contributed by atoms with Crippen LogP contribution < -0.4 is 4.74 Å². The lowest BCUT2D eigenvalue weighted by atomic mass is 9.81. The Morgan fingerprint density at radius 3 is 2.20 bits per heavy atom. The lowest BCUT2D eigenvalue weighted by Crippen LogP contribution is -2.23. The highest BCUT2D eigenvalue weighted by Gasteiger charge is 2.43. The van der Waals surface area contributed by atoms with E-state index in [1.54, 1.807) is 7.11 Å². The van der Waals surface area contributed by atoms with Crippen molar-refractivity contribution < 1.29 is 23.8 Å². The summed E-state index contributed by atoms with van der Waals surface area (Å²) in [6.07, 6.45) is 8.01. The first-order valence-electron chi connectivity index (χ1n) is 15.8. The Morgan fingerprint density at radius 2 is 1.64 bits per heavy atom. The molecule has 2 heterocycles. The van der Waals surface area contributed by atoms with Gasteiger partial charge in [0.15, 0.2) is 5.70 Å². The summed E-state index contributed by atoms with van der Waals surface area (Å²) < 4.78 is 18.8. The Morgan fingerprint density at radius 1 is 0.955 bits per heavy atom. The molecule has 0 atom stereocenters. The number of hydrogen-bond acceptors (Lipinski definition) is 6. The van der Waals surface area contributed by atoms with Gasteiger partial charge >= 0.3 is 11.9 Å². The smallest absolute Gasteiger partial charge is 0.356 e. The SMILES string of the molecule is C/C=C(\Cn1c(-c2ccc(OC)cc2)c(C2CCCCC2)c2ccc(C(=O)OC(C)(C)C)cc21)C1=C(C(=O)OC)N1C(C)C. The van der Waals surface area contributed by atoms with E-state index in [-0.39, 0.29) is 18.0 Å². The molecule has 1 saturated carbocycles. The molecule has 0 saturated heterocycles. The molecule has 0 spiro atoms. The molecule has 7 heteroatoms. The fourth-order valence-electron chi connectivity index (χ4n) is 6.63. The molecule has 1 aromatic heterocycles. The van der Waals surface area contributed by atoms with Gasteiger partial charge in [-0.2, -0.15) is 0 Å². The molecule has 1 fully saturated rings. The van der Waals surface area contributed by atoms with E-state index in [0.29, 0.717) is 23.7 Å². The number of carbonyl (C=O) groups excluding carboxylic acids is 2. The quantitative estimate of drug-likeness (QED) is 0.231. The zero-order valence-electron chi connectivity index (χ0n) is 27.5. The van der Waals surface area contributed by atoms with Gasteiger partial charge in [0.1, 0.15) is 11.4 Å². The average molecular weight is 599 g/mol. The summed E-state index contributed by atoms with van der Waals surface area (Å²) in [7, 11) is 3.10. The minimum Gasteiger partial charge on any atom is -0.497 e. The molecule has 0 radical (unpaired) electrons. The highest BCUT2D eigenvalue weighted by atomic mass is 16.6. The van der Waals surface area contributed by atoms with E-state index in [0.717, 1.165) is 52.0 Å². The first-order chi connectivity index (χ1) is 21.0. The fourth-order valence-corrected chi connectivity index (χ4v) is 6.63. The topological polar surface area (TPSA) is 69.8 Å². The zero-order chi connectivity index (χ0) is 31.8. The maximum atomic E-state index is 13.3. The number of fused-ring (bicyclic) bond motifs is 1. The number of esters is 2. The van der Waals surface area contributed by atoms with Crippen molar-refractivity contribution in [2.24, 2.45) is 0 Å². The van der Waals surface area contributed by atoms with Crippen molar-refractivity contribution in [2.75, 3.05) is 14.2 Å². The number of aromatic nitrogens is 1. The average Bonchev–Trinajstić information content (AvgIpc) is 3.68. The first kappa shape index (κ1) is 31.4. The monoisotopic (exact) mass is 598 g/mol. The van der Waals surface area contributed by atoms with Crippen molar-refractivity contribution in [1.29, 1.82) is 0 Å². The zero-order valence-corrected chi connectivity index (χ0v) is 27.5. The molecule has 44 heavy (non-hydrogen) atoms. The van der Waals surface area contributed by atoms with Crippen LogP contribution in [0.1, 0.15) is 95.5 Å². The Kier molecular flexibility index (Phi) is 8.96. The van der Waals surface area contributed by atoms with Crippen LogP contribution in [0.3, 0.4) is 0 Å². The van der Waals surface area contributed by atoms with E-state index >= 15 is 0 Å². The Labute approximate surface area is 261 Å². The third-order valence-corrected chi connectivity index (χ3v) is 8.65. The van der Waals surface area contributed by atoms with Crippen LogP contribution in [0.25, 0.3) is 22.2 Å². The van der Waals surface area contributed by atoms with Crippen LogP contribution in [0.15, 0.2) is 65.5 Å². The highest BCUT2D eigenvalue weighted by molar-refractivity contribution is 5.99. The van der Waals surface area contributed by atoms with Gasteiger partial charge in [-0.25, -0.2) is 9.59 Å². The maximum Gasteiger partial charge on any atom is 0.356 e. The number of ether oxygens (including phenoxy) is 3. The Bertz CT molecular complexity index is 1610. The number of allylic oxidation sites excluding steroid dienone is 2. The third kappa shape index (κ3) is 6.15. The largest absolute Gasteiger partial charge is 0.497 e. The molecule has 5 rings (SSSR count). The van der Waals surface area contributed by atoms with Crippen LogP contribution in [0.4, 0.5) is 0 Å². The summed E-state index contributed by atoms with van der Waals surface area (Å²) in [6, 6.07) is 14.4. The van der Waals surface area contributed by atoms with Crippen molar-refractivity contribution >= 4 is 22.8 Å². The summed E-state index contributed by atoms with van der Waals surface area (Å²) in [5, 5.41) is 1.16. The number of nitrogens with zero attached hydrogens (tertiary/aromatic N) is 2. The molecule has 2 aromatic carbocycles. The van der Waals surface area contributed by atoms with Gasteiger partial charge in [0.05, 0.1) is 31.2 Å². The Hall–Kier alpha value is -4.00. The number of rotatable bonds is 9. The minimum atomic E-state index is -0.600. The second-order valence-electron chi connectivity index (χ2n) is 13.1. The molecule has 1 aliphatic carbocycles. The molecule has 0 unspecified atom stereocenters. The van der Waals surface area contributed by atoms with E-state index in [2.05, 4.69) is 42.7 Å². The number of methoxy groups -OCH3 is 2. The number of hydrogen-bond donors (Lipinski definition) is 0. The minimum absolute atomic E-state index is 0.119. The summed E-state index contributed by atoms with van der Waals surface area (Å²) in [5.41, 5.74) is 7.03. The second-order valence-corrected chi connectivity index (χ2v) is 13.1. The number of carbonyl (C=O) groups is 2. The van der Waals surface area contributed by atoms with Crippen molar-refractivity contribution in [2.45, 2.75) is 97.8 Å². The summed E-state index contributed by atoms with van der Waals surface area (Å²) in [4.78, 5) is 28.1. The van der Waals surface area contributed by atoms with Gasteiger partial charge in [-0.1, -0.05) is 31.4 Å². The summed E-state index contributed by atoms with van der Waals surface area (Å²) in [5.74, 6) is 0.544. The van der Waals surface area contributed by atoms with Crippen molar-refractivity contribution in [3.63, 3.8) is 0 Å². The molecule has 234 valence electrons. The van der Waals surface area contributed by atoms with Gasteiger partial charge in [-0.05, 0) is 113 Å². The lowest BCUT2D eigenvalue weighted by molar-refractivity contribution is -0.136. The molecule has 0 N–H and O–H groups in total. The van der Waals surface area contributed by atoms with E-state index in [1.807, 2.05) is 56.9 Å². The van der Waals surface area contributed by atoms with Gasteiger partial charge in [-0.3, -0.25) is 0 Å². The molecule has 7 nitrogen and oxygen atoms in total. The first-order valence-corrected chi connectivity index (χ1v) is 15.8. The highest BCUT2D eigenvalue weighted by Crippen LogP contribution is 2.47. The predicted octanol–water partition coefficient (Wildman–Crippen LogP) is 8.37. The van der Waals surface area contributed by atoms with Gasteiger partial charge in [0.25, 0.3) is 0 Å². The molecular weight excluding hydrogens is 552 g/mol. The second kappa shape index (κ2) is 12.5. The van der Waals surface area contributed by atoms with Crippen molar-refractivity contribution in [1.82, 2.24) is 9.47 Å². The fraction of sp³-hybridized carbons (Fsp3) is 0.459. The van der Waals surface area contributed by atoms with Crippen LogP contribution in [-0.2, 0) is 20.8 Å². The Balaban J connectivity index is 1.75. The predicted molar refractivity (Wildman–Crippen MR) is 175 cm³/mol. The van der Waals surface area contributed by atoms with Crippen molar-refractivity contribution in [3.05, 3.63) is 76.6 Å². The van der Waals surface area contributed by atoms with E-state index in [9.17, 15) is 9.59 Å². The number of benzene rings is 2. The summed E-state index contributed by atoms with van der Waals surface area (Å²) in [6.45, 7) is 12.3. The molecule has 2 aliphatic rings. The van der Waals surface area contributed by atoms with Crippen LogP contribution in [0.5, 0.6) is 5.75 Å². The molecule has 1 aliphatic heterocycles. The van der Waals surface area contributed by atoms with Gasteiger partial charge in [0.2, 0.25) is 0 Å². The molecular formula is C37H46N2O5. The van der Waals surface area contributed by atoms with Gasteiger partial charge in [-0.15, -0.1) is 0 Å². The summed E-state index contributed by atoms with van der Waals surface area (Å²) >= 11 is 0. The van der Waals surface area contributed by atoms with Crippen LogP contribution in [-0.4, -0.2) is 47.3 Å². The normalized spacial score (nSPS) is 16.1. The maximum absolute atomic E-state index is 13.3. The third-order valence-electron chi connectivity index (χ3n) is 8.65. The molecule has 3 aromatic rings. The van der Waals surface area contributed by atoms with E-state index < -0.39 is 5.60 Å². The van der Waals surface area contributed by atoms with Crippen LogP contribution in [0, 0.1) is 0 Å². The molecule has 0 bridgehead atoms. The van der Waals surface area contributed by atoms with Gasteiger partial charge < -0.3 is 23.7 Å². The van der Waals surface area contributed by atoms with Crippen LogP contribution >= 0.6 is 0 Å². The van der Waals surface area contributed by atoms with Crippen LogP contribution in [0.2, 0.25) is 0 Å². The standard InChI is InChI=1S/C37H46N2O5/c1-9-24(33-34(36(41)43-8)39(33)23(2)3)22-38-30-21-27(35(40)44-37(4,5)6)17-20-29(30)31(25-13-11-10-12-14-25)32(38)26-15-18-28(42-7)19-16-26/h9,15-21,23,25H,10-14,22H2,1-8H3/b24-9+. The van der Waals surface area contributed by atoms with Crippen molar-refractivity contribution in [3.8, 4) is 17.0 Å². The van der Waals surface area contributed by atoms with E-state index in [4.69, 9.17) is 14.2 Å². The van der Waals surface area contributed by atoms with Gasteiger partial charge in [0, 0.05) is 23.5 Å². The lowest BCUT2D eigenvalue weighted by Gasteiger charge is -2.24. The van der Waals surface area contributed by atoms with E-state index in [1.165, 1.54) is 31.9 Å².